The van der Waals surface area contributed by atoms with Crippen LogP contribution in [0.5, 0.6) is 0 Å². The maximum absolute atomic E-state index is 2.88. The third-order valence-corrected chi connectivity index (χ3v) is 19.7. The van der Waals surface area contributed by atoms with Crippen LogP contribution in [0.15, 0.2) is 0 Å². The fraction of sp³-hybridized carbons (Fsp3) is 1.00. The zero-order valence-corrected chi connectivity index (χ0v) is 14.7. The van der Waals surface area contributed by atoms with Gasteiger partial charge in [-0.2, -0.15) is 0 Å². The molecule has 0 aliphatic carbocycles. The molecule has 0 radical (unpaired) electrons. The van der Waals surface area contributed by atoms with Crippen LogP contribution in [-0.2, 0) is 0 Å². The summed E-state index contributed by atoms with van der Waals surface area (Å²) < 4.78 is 8.62. The Morgan fingerprint density at radius 3 is 0.933 bits per heavy atom. The van der Waals surface area contributed by atoms with Gasteiger partial charge in [0, 0.05) is 0 Å². The smallest absolute Gasteiger partial charge is 0.175 e. The standard InChI is InChI=1S/C9H27N3Si3/c1-7-10-13(4)11(8-2)15(6)12(9-3)14(10)5/h13-15H,7-9H2,1-6H3. The first-order valence-electron chi connectivity index (χ1n) is 6.35. The number of hydrogen-bond donors (Lipinski definition) is 0. The molecule has 0 saturated carbocycles. The summed E-state index contributed by atoms with van der Waals surface area (Å²) in [5.74, 6) is 0. The van der Waals surface area contributed by atoms with E-state index < -0.39 is 27.4 Å². The van der Waals surface area contributed by atoms with Gasteiger partial charge in [-0.3, -0.25) is 0 Å². The van der Waals surface area contributed by atoms with Gasteiger partial charge in [0.25, 0.3) is 0 Å². The quantitative estimate of drug-likeness (QED) is 0.686. The Bertz CT molecular complexity index is 160. The first-order valence-corrected chi connectivity index (χ1v) is 12.9. The van der Waals surface area contributed by atoms with Gasteiger partial charge in [0.15, 0.2) is 27.4 Å². The van der Waals surface area contributed by atoms with Crippen LogP contribution in [0.4, 0.5) is 0 Å². The molecule has 0 aromatic carbocycles. The lowest BCUT2D eigenvalue weighted by molar-refractivity contribution is 0.461. The van der Waals surface area contributed by atoms with Gasteiger partial charge >= 0.3 is 0 Å². The minimum Gasteiger partial charge on any atom is -0.327 e. The first-order chi connectivity index (χ1) is 7.08. The van der Waals surface area contributed by atoms with Crippen molar-refractivity contribution in [1.29, 1.82) is 0 Å². The van der Waals surface area contributed by atoms with E-state index in [-0.39, 0.29) is 0 Å². The summed E-state index contributed by atoms with van der Waals surface area (Å²) in [4.78, 5) is 0. The van der Waals surface area contributed by atoms with E-state index in [1.165, 1.54) is 19.6 Å². The first kappa shape index (κ1) is 13.6. The van der Waals surface area contributed by atoms with Crippen molar-refractivity contribution in [1.82, 2.24) is 12.7 Å². The molecule has 1 heterocycles. The average molecular weight is 262 g/mol. The Kier molecular flexibility index (Phi) is 5.20. The molecule has 0 atom stereocenters. The molecule has 1 saturated heterocycles. The van der Waals surface area contributed by atoms with Crippen LogP contribution in [0.2, 0.25) is 19.6 Å². The predicted molar refractivity (Wildman–Crippen MR) is 76.2 cm³/mol. The zero-order valence-electron chi connectivity index (χ0n) is 11.2. The highest BCUT2D eigenvalue weighted by atomic mass is 28.4. The summed E-state index contributed by atoms with van der Waals surface area (Å²) in [5, 5.41) is 0. The summed E-state index contributed by atoms with van der Waals surface area (Å²) in [5.41, 5.74) is 0. The van der Waals surface area contributed by atoms with Gasteiger partial charge in [0.2, 0.25) is 0 Å². The van der Waals surface area contributed by atoms with Gasteiger partial charge in [-0.15, -0.1) is 0 Å². The summed E-state index contributed by atoms with van der Waals surface area (Å²) in [6.45, 7) is 18.4. The normalized spacial score (nSPS) is 36.0. The maximum atomic E-state index is 2.88. The molecule has 0 aromatic rings. The number of nitrogens with zero attached hydrogens (tertiary/aromatic N) is 3. The lowest BCUT2D eigenvalue weighted by atomic mass is 10.8. The average Bonchev–Trinajstić information content (AvgIpc) is 2.19. The molecule has 0 aromatic heterocycles. The molecule has 90 valence electrons. The van der Waals surface area contributed by atoms with E-state index in [0.717, 1.165) is 0 Å². The molecular formula is C9H27N3Si3. The second-order valence-corrected chi connectivity index (χ2v) is 13.9. The number of rotatable bonds is 3. The Morgan fingerprint density at radius 1 is 0.600 bits per heavy atom. The Balaban J connectivity index is 2.87. The largest absolute Gasteiger partial charge is 0.327 e. The van der Waals surface area contributed by atoms with Gasteiger partial charge < -0.3 is 12.7 Å². The van der Waals surface area contributed by atoms with Crippen molar-refractivity contribution in [3.63, 3.8) is 0 Å². The van der Waals surface area contributed by atoms with E-state index in [1.807, 2.05) is 0 Å². The van der Waals surface area contributed by atoms with Crippen LogP contribution in [0.25, 0.3) is 0 Å². The second kappa shape index (κ2) is 5.74. The van der Waals surface area contributed by atoms with Crippen molar-refractivity contribution in [3.8, 4) is 0 Å². The lowest BCUT2D eigenvalue weighted by Crippen LogP contribution is -2.74. The fourth-order valence-electron chi connectivity index (χ4n) is 3.09. The van der Waals surface area contributed by atoms with Crippen LogP contribution >= 0.6 is 0 Å². The Labute approximate surface area is 100 Å². The minimum absolute atomic E-state index is 0.744. The predicted octanol–water partition coefficient (Wildman–Crippen LogP) is 0.517. The van der Waals surface area contributed by atoms with Crippen molar-refractivity contribution in [2.45, 2.75) is 40.4 Å². The lowest BCUT2D eigenvalue weighted by Gasteiger charge is -2.53. The highest BCUT2D eigenvalue weighted by molar-refractivity contribution is 6.84. The van der Waals surface area contributed by atoms with Gasteiger partial charge in [0.1, 0.15) is 0 Å². The van der Waals surface area contributed by atoms with E-state index in [1.54, 1.807) is 0 Å². The van der Waals surface area contributed by atoms with Gasteiger partial charge in [-0.05, 0) is 39.3 Å². The van der Waals surface area contributed by atoms with Crippen molar-refractivity contribution in [3.05, 3.63) is 0 Å². The van der Waals surface area contributed by atoms with E-state index >= 15 is 0 Å². The minimum atomic E-state index is -0.744. The van der Waals surface area contributed by atoms with Crippen molar-refractivity contribution in [2.75, 3.05) is 19.6 Å². The third kappa shape index (κ3) is 2.45. The highest BCUT2D eigenvalue weighted by Gasteiger charge is 2.40. The third-order valence-electron chi connectivity index (χ3n) is 3.98. The summed E-state index contributed by atoms with van der Waals surface area (Å²) in [6.07, 6.45) is 0. The van der Waals surface area contributed by atoms with Crippen LogP contribution < -0.4 is 0 Å². The monoisotopic (exact) mass is 261 g/mol. The molecule has 0 amide bonds. The van der Waals surface area contributed by atoms with Crippen molar-refractivity contribution >= 4 is 27.4 Å². The molecule has 3 nitrogen and oxygen atoms in total. The molecule has 6 heteroatoms. The van der Waals surface area contributed by atoms with Crippen LogP contribution in [0.1, 0.15) is 20.8 Å². The number of hydrogen-bond acceptors (Lipinski definition) is 3. The van der Waals surface area contributed by atoms with E-state index in [2.05, 4.69) is 53.1 Å². The second-order valence-electron chi connectivity index (χ2n) is 4.39. The fourth-order valence-corrected chi connectivity index (χ4v) is 19.4. The molecule has 1 fully saturated rings. The molecule has 0 spiro atoms. The van der Waals surface area contributed by atoms with Crippen LogP contribution in [0, 0.1) is 0 Å². The van der Waals surface area contributed by atoms with E-state index in [4.69, 9.17) is 0 Å². The SMILES string of the molecule is CCN1[SiH](C)N(CC)[SiH](C)N(CC)[SiH]1C. The van der Waals surface area contributed by atoms with Crippen LogP contribution in [0.3, 0.4) is 0 Å². The van der Waals surface area contributed by atoms with Crippen molar-refractivity contribution < 1.29 is 0 Å². The molecular weight excluding hydrogens is 234 g/mol. The molecule has 0 bridgehead atoms. The Hall–Kier alpha value is 0.531. The summed E-state index contributed by atoms with van der Waals surface area (Å²) >= 11 is 0. The molecule has 15 heavy (non-hydrogen) atoms. The molecule has 1 aliphatic heterocycles. The topological polar surface area (TPSA) is 9.72 Å². The maximum Gasteiger partial charge on any atom is 0.175 e. The van der Waals surface area contributed by atoms with E-state index in [9.17, 15) is 0 Å². The van der Waals surface area contributed by atoms with Gasteiger partial charge in [-0.25, -0.2) is 0 Å². The van der Waals surface area contributed by atoms with Gasteiger partial charge in [-0.1, -0.05) is 20.8 Å². The summed E-state index contributed by atoms with van der Waals surface area (Å²) in [6, 6.07) is 0. The molecule has 0 N–H and O–H groups in total. The Morgan fingerprint density at radius 2 is 0.800 bits per heavy atom. The zero-order chi connectivity index (χ0) is 11.6. The highest BCUT2D eigenvalue weighted by Crippen LogP contribution is 2.18. The summed E-state index contributed by atoms with van der Waals surface area (Å²) in [7, 11) is -2.23. The van der Waals surface area contributed by atoms with E-state index in [0.29, 0.717) is 0 Å². The molecule has 0 unspecified atom stereocenters. The van der Waals surface area contributed by atoms with Gasteiger partial charge in [0.05, 0.1) is 0 Å². The molecule has 1 aliphatic rings. The van der Waals surface area contributed by atoms with Crippen LogP contribution in [-0.4, -0.2) is 59.7 Å². The van der Waals surface area contributed by atoms with Crippen molar-refractivity contribution in [2.24, 2.45) is 0 Å². The molecule has 1 rings (SSSR count).